The Balaban J connectivity index is 1.58. The summed E-state index contributed by atoms with van der Waals surface area (Å²) in [5.74, 6) is -1.000. The molecular formula is C19H23F2N3. The molecule has 0 radical (unpaired) electrons. The van der Waals surface area contributed by atoms with Gasteiger partial charge in [-0.3, -0.25) is 9.80 Å². The fourth-order valence-electron chi connectivity index (χ4n) is 3.30. The molecule has 0 bridgehead atoms. The van der Waals surface area contributed by atoms with Crippen molar-refractivity contribution in [3.8, 4) is 0 Å². The average Bonchev–Trinajstić information content (AvgIpc) is 2.55. The van der Waals surface area contributed by atoms with Gasteiger partial charge in [-0.05, 0) is 30.7 Å². The molecule has 0 saturated carbocycles. The van der Waals surface area contributed by atoms with Gasteiger partial charge in [0.1, 0.15) is 11.6 Å². The molecule has 0 amide bonds. The van der Waals surface area contributed by atoms with Crippen LogP contribution in [0.4, 0.5) is 14.5 Å². The standard InChI is InChI=1S/C19H23F2N3/c1-14(18-6-5-16(20)12-19(18)21)24-9-7-23(8-10-24)13-15-3-2-4-17(22)11-15/h2-6,11-12,14H,7-10,13,22H2,1H3. The molecule has 0 spiro atoms. The van der Waals surface area contributed by atoms with Gasteiger partial charge in [-0.25, -0.2) is 8.78 Å². The molecule has 1 aliphatic rings. The van der Waals surface area contributed by atoms with Crippen molar-refractivity contribution in [1.29, 1.82) is 0 Å². The minimum absolute atomic E-state index is 0.0554. The van der Waals surface area contributed by atoms with Crippen LogP contribution in [0.5, 0.6) is 0 Å². The second-order valence-corrected chi connectivity index (χ2v) is 6.40. The first-order valence-corrected chi connectivity index (χ1v) is 8.28. The van der Waals surface area contributed by atoms with Crippen LogP contribution in [0.2, 0.25) is 0 Å². The van der Waals surface area contributed by atoms with Gasteiger partial charge in [0, 0.05) is 56.1 Å². The van der Waals surface area contributed by atoms with Gasteiger partial charge in [0.2, 0.25) is 0 Å². The number of nitrogens with zero attached hydrogens (tertiary/aromatic N) is 2. The van der Waals surface area contributed by atoms with Gasteiger partial charge in [-0.2, -0.15) is 0 Å². The van der Waals surface area contributed by atoms with Crippen LogP contribution in [0.1, 0.15) is 24.1 Å². The molecule has 0 aliphatic carbocycles. The Hall–Kier alpha value is -1.98. The third-order valence-electron chi connectivity index (χ3n) is 4.72. The lowest BCUT2D eigenvalue weighted by Gasteiger charge is -2.38. The first-order chi connectivity index (χ1) is 11.5. The Morgan fingerprint density at radius 2 is 1.79 bits per heavy atom. The Kier molecular flexibility index (Phi) is 5.11. The number of halogens is 2. The summed E-state index contributed by atoms with van der Waals surface area (Å²) in [5.41, 5.74) is 8.38. The fraction of sp³-hybridized carbons (Fsp3) is 0.368. The van der Waals surface area contributed by atoms with E-state index < -0.39 is 11.6 Å². The molecule has 0 aromatic heterocycles. The van der Waals surface area contributed by atoms with Crippen LogP contribution in [0, 0.1) is 11.6 Å². The van der Waals surface area contributed by atoms with E-state index in [0.717, 1.165) is 44.5 Å². The Morgan fingerprint density at radius 1 is 1.04 bits per heavy atom. The van der Waals surface area contributed by atoms with E-state index in [1.165, 1.54) is 11.6 Å². The normalized spacial score (nSPS) is 17.8. The van der Waals surface area contributed by atoms with Crippen molar-refractivity contribution in [1.82, 2.24) is 9.80 Å². The lowest BCUT2D eigenvalue weighted by Crippen LogP contribution is -2.46. The van der Waals surface area contributed by atoms with Crippen LogP contribution in [-0.2, 0) is 6.54 Å². The summed E-state index contributed by atoms with van der Waals surface area (Å²) < 4.78 is 27.0. The smallest absolute Gasteiger partial charge is 0.130 e. The van der Waals surface area contributed by atoms with Gasteiger partial charge >= 0.3 is 0 Å². The van der Waals surface area contributed by atoms with E-state index in [4.69, 9.17) is 5.73 Å². The van der Waals surface area contributed by atoms with Gasteiger partial charge in [0.05, 0.1) is 0 Å². The Labute approximate surface area is 141 Å². The van der Waals surface area contributed by atoms with Crippen LogP contribution in [0.3, 0.4) is 0 Å². The van der Waals surface area contributed by atoms with Crippen LogP contribution < -0.4 is 5.73 Å². The van der Waals surface area contributed by atoms with Crippen molar-refractivity contribution in [2.24, 2.45) is 0 Å². The lowest BCUT2D eigenvalue weighted by atomic mass is 10.0. The van der Waals surface area contributed by atoms with E-state index in [1.54, 1.807) is 6.07 Å². The van der Waals surface area contributed by atoms with E-state index in [0.29, 0.717) is 5.56 Å². The van der Waals surface area contributed by atoms with Crippen molar-refractivity contribution >= 4 is 5.69 Å². The van der Waals surface area contributed by atoms with Crippen LogP contribution in [-0.4, -0.2) is 36.0 Å². The summed E-state index contributed by atoms with van der Waals surface area (Å²) in [6.07, 6.45) is 0. The third-order valence-corrected chi connectivity index (χ3v) is 4.72. The molecule has 2 aromatic carbocycles. The number of anilines is 1. The molecule has 24 heavy (non-hydrogen) atoms. The molecule has 2 aromatic rings. The third kappa shape index (κ3) is 3.91. The van der Waals surface area contributed by atoms with E-state index in [2.05, 4.69) is 15.9 Å². The molecule has 2 N–H and O–H groups in total. The van der Waals surface area contributed by atoms with E-state index in [1.807, 2.05) is 25.1 Å². The second-order valence-electron chi connectivity index (χ2n) is 6.40. The average molecular weight is 331 g/mol. The fourth-order valence-corrected chi connectivity index (χ4v) is 3.30. The minimum atomic E-state index is -0.532. The summed E-state index contributed by atoms with van der Waals surface area (Å²) in [6.45, 7) is 6.41. The maximum Gasteiger partial charge on any atom is 0.130 e. The Morgan fingerprint density at radius 3 is 2.46 bits per heavy atom. The maximum absolute atomic E-state index is 14.0. The molecule has 1 unspecified atom stereocenters. The first kappa shape index (κ1) is 16.9. The zero-order valence-corrected chi connectivity index (χ0v) is 13.9. The first-order valence-electron chi connectivity index (χ1n) is 8.28. The molecule has 5 heteroatoms. The summed E-state index contributed by atoms with van der Waals surface area (Å²) >= 11 is 0. The number of nitrogen functional groups attached to an aromatic ring is 1. The number of rotatable bonds is 4. The number of benzene rings is 2. The maximum atomic E-state index is 14.0. The van der Waals surface area contributed by atoms with Gasteiger partial charge in [0.15, 0.2) is 0 Å². The summed E-state index contributed by atoms with van der Waals surface area (Å²) in [4.78, 5) is 4.62. The quantitative estimate of drug-likeness (QED) is 0.871. The van der Waals surface area contributed by atoms with Gasteiger partial charge < -0.3 is 5.73 Å². The molecule has 1 heterocycles. The predicted octanol–water partition coefficient (Wildman–Crippen LogP) is 3.43. The predicted molar refractivity (Wildman–Crippen MR) is 92.5 cm³/mol. The molecule has 1 fully saturated rings. The van der Waals surface area contributed by atoms with Crippen LogP contribution in [0.25, 0.3) is 0 Å². The highest BCUT2D eigenvalue weighted by Crippen LogP contribution is 2.25. The monoisotopic (exact) mass is 331 g/mol. The summed E-state index contributed by atoms with van der Waals surface area (Å²) in [6, 6.07) is 11.7. The van der Waals surface area contributed by atoms with Gasteiger partial charge in [-0.1, -0.05) is 18.2 Å². The van der Waals surface area contributed by atoms with Crippen molar-refractivity contribution in [2.45, 2.75) is 19.5 Å². The van der Waals surface area contributed by atoms with Gasteiger partial charge in [0.25, 0.3) is 0 Å². The number of hydrogen-bond acceptors (Lipinski definition) is 3. The highest BCUT2D eigenvalue weighted by atomic mass is 19.1. The summed E-state index contributed by atoms with van der Waals surface area (Å²) in [5, 5.41) is 0. The molecule has 1 atom stereocenters. The SMILES string of the molecule is CC(c1ccc(F)cc1F)N1CCN(Cc2cccc(N)c2)CC1. The molecule has 3 nitrogen and oxygen atoms in total. The largest absolute Gasteiger partial charge is 0.399 e. The van der Waals surface area contributed by atoms with E-state index in [-0.39, 0.29) is 6.04 Å². The minimum Gasteiger partial charge on any atom is -0.399 e. The highest BCUT2D eigenvalue weighted by Gasteiger charge is 2.24. The molecular weight excluding hydrogens is 308 g/mol. The lowest BCUT2D eigenvalue weighted by molar-refractivity contribution is 0.0965. The van der Waals surface area contributed by atoms with Gasteiger partial charge in [-0.15, -0.1) is 0 Å². The van der Waals surface area contributed by atoms with E-state index in [9.17, 15) is 8.78 Å². The van der Waals surface area contributed by atoms with Crippen molar-refractivity contribution in [3.63, 3.8) is 0 Å². The topological polar surface area (TPSA) is 32.5 Å². The molecule has 1 saturated heterocycles. The zero-order valence-electron chi connectivity index (χ0n) is 13.9. The van der Waals surface area contributed by atoms with Crippen molar-refractivity contribution < 1.29 is 8.78 Å². The number of hydrogen-bond donors (Lipinski definition) is 1. The number of piperazine rings is 1. The number of nitrogens with two attached hydrogens (primary N) is 1. The zero-order chi connectivity index (χ0) is 17.1. The van der Waals surface area contributed by atoms with Crippen LogP contribution in [0.15, 0.2) is 42.5 Å². The molecule has 1 aliphatic heterocycles. The molecule has 128 valence electrons. The van der Waals surface area contributed by atoms with Crippen LogP contribution >= 0.6 is 0 Å². The van der Waals surface area contributed by atoms with Crippen molar-refractivity contribution in [2.75, 3.05) is 31.9 Å². The molecule has 3 rings (SSSR count). The summed E-state index contributed by atoms with van der Waals surface area (Å²) in [7, 11) is 0. The Bertz CT molecular complexity index is 697. The van der Waals surface area contributed by atoms with E-state index >= 15 is 0 Å². The highest BCUT2D eigenvalue weighted by molar-refractivity contribution is 5.40. The van der Waals surface area contributed by atoms with Crippen molar-refractivity contribution in [3.05, 3.63) is 65.2 Å². The second kappa shape index (κ2) is 7.28.